The van der Waals surface area contributed by atoms with Gasteiger partial charge in [-0.15, -0.1) is 0 Å². The number of carbonyl (C=O) groups excluding carboxylic acids is 2. The molecule has 3 rings (SSSR count). The van der Waals surface area contributed by atoms with Crippen LogP contribution >= 0.6 is 0 Å². The molecule has 0 spiro atoms. The lowest BCUT2D eigenvalue weighted by molar-refractivity contribution is -0.126. The molecule has 3 atom stereocenters. The number of carbonyl (C=O) groups is 2. The lowest BCUT2D eigenvalue weighted by Gasteiger charge is -2.34. The van der Waals surface area contributed by atoms with E-state index in [9.17, 15) is 9.59 Å². The Morgan fingerprint density at radius 1 is 1.15 bits per heavy atom. The maximum atomic E-state index is 12.5. The van der Waals surface area contributed by atoms with E-state index in [1.165, 1.54) is 6.42 Å². The highest BCUT2D eigenvalue weighted by Gasteiger charge is 2.35. The minimum Gasteiger partial charge on any atom is -0.497 e. The highest BCUT2D eigenvalue weighted by Crippen LogP contribution is 2.27. The summed E-state index contributed by atoms with van der Waals surface area (Å²) in [6, 6.07) is 7.37. The summed E-state index contributed by atoms with van der Waals surface area (Å²) in [6.07, 6.45) is 1.56. The molecule has 6 nitrogen and oxygen atoms in total. The van der Waals surface area contributed by atoms with Crippen LogP contribution in [0.1, 0.15) is 26.7 Å². The SMILES string of the molecule is COc1ccc(N2CC(C(=O)NCCN3CC(C)CC(C)C3)CC2=O)cc1. The maximum absolute atomic E-state index is 12.5. The topological polar surface area (TPSA) is 61.9 Å². The number of likely N-dealkylation sites (tertiary alicyclic amines) is 1. The van der Waals surface area contributed by atoms with E-state index in [1.807, 2.05) is 24.3 Å². The number of nitrogens with one attached hydrogen (secondary N) is 1. The van der Waals surface area contributed by atoms with E-state index in [-0.39, 0.29) is 24.2 Å². The molecule has 0 aromatic heterocycles. The van der Waals surface area contributed by atoms with Gasteiger partial charge in [0.25, 0.3) is 0 Å². The number of ether oxygens (including phenoxy) is 1. The van der Waals surface area contributed by atoms with E-state index in [0.717, 1.165) is 42.9 Å². The summed E-state index contributed by atoms with van der Waals surface area (Å²) in [7, 11) is 1.61. The molecule has 0 aliphatic carbocycles. The van der Waals surface area contributed by atoms with Crippen molar-refractivity contribution in [2.75, 3.05) is 44.7 Å². The molecule has 27 heavy (non-hydrogen) atoms. The molecule has 6 heteroatoms. The van der Waals surface area contributed by atoms with Crippen LogP contribution in [-0.4, -0.2) is 56.5 Å². The molecule has 2 saturated heterocycles. The fourth-order valence-electron chi connectivity index (χ4n) is 4.35. The van der Waals surface area contributed by atoms with Gasteiger partial charge in [-0.3, -0.25) is 9.59 Å². The standard InChI is InChI=1S/C21H31N3O3/c1-15-10-16(2)13-23(12-15)9-8-22-21(26)17-11-20(25)24(14-17)18-4-6-19(27-3)7-5-18/h4-7,15-17H,8-14H2,1-3H3,(H,22,26). The zero-order valence-corrected chi connectivity index (χ0v) is 16.6. The molecule has 2 aliphatic rings. The van der Waals surface area contributed by atoms with Gasteiger partial charge in [-0.05, 0) is 42.5 Å². The van der Waals surface area contributed by atoms with E-state index < -0.39 is 0 Å². The molecule has 2 amide bonds. The second-order valence-corrected chi connectivity index (χ2v) is 8.10. The van der Waals surface area contributed by atoms with E-state index >= 15 is 0 Å². The number of amides is 2. The lowest BCUT2D eigenvalue weighted by Crippen LogP contribution is -2.44. The Hall–Kier alpha value is -2.08. The van der Waals surface area contributed by atoms with Gasteiger partial charge in [-0.1, -0.05) is 13.8 Å². The van der Waals surface area contributed by atoms with E-state index in [2.05, 4.69) is 24.1 Å². The molecule has 3 unspecified atom stereocenters. The molecule has 0 saturated carbocycles. The van der Waals surface area contributed by atoms with Crippen LogP contribution in [-0.2, 0) is 9.59 Å². The Labute approximate surface area is 161 Å². The molecule has 2 heterocycles. The Bertz CT molecular complexity index is 651. The van der Waals surface area contributed by atoms with Crippen molar-refractivity contribution in [1.82, 2.24) is 10.2 Å². The van der Waals surface area contributed by atoms with Crippen molar-refractivity contribution in [3.05, 3.63) is 24.3 Å². The summed E-state index contributed by atoms with van der Waals surface area (Å²) in [5.74, 6) is 1.89. The van der Waals surface area contributed by atoms with Gasteiger partial charge >= 0.3 is 0 Å². The Balaban J connectivity index is 1.47. The fourth-order valence-corrected chi connectivity index (χ4v) is 4.35. The first-order chi connectivity index (χ1) is 13.0. The van der Waals surface area contributed by atoms with E-state index in [4.69, 9.17) is 4.74 Å². The first-order valence-electron chi connectivity index (χ1n) is 9.90. The van der Waals surface area contributed by atoms with Crippen molar-refractivity contribution < 1.29 is 14.3 Å². The van der Waals surface area contributed by atoms with E-state index in [0.29, 0.717) is 13.1 Å². The van der Waals surface area contributed by atoms with Crippen LogP contribution < -0.4 is 15.0 Å². The average Bonchev–Trinajstić information content (AvgIpc) is 3.03. The minimum absolute atomic E-state index is 0.000929. The average molecular weight is 373 g/mol. The van der Waals surface area contributed by atoms with Gasteiger partial charge < -0.3 is 19.9 Å². The van der Waals surface area contributed by atoms with Crippen LogP contribution in [0, 0.1) is 17.8 Å². The van der Waals surface area contributed by atoms with Gasteiger partial charge in [0.1, 0.15) is 5.75 Å². The summed E-state index contributed by atoms with van der Waals surface area (Å²) >= 11 is 0. The van der Waals surface area contributed by atoms with Gasteiger partial charge in [-0.2, -0.15) is 0 Å². The second kappa shape index (κ2) is 8.74. The molecule has 0 radical (unpaired) electrons. The van der Waals surface area contributed by atoms with Crippen LogP contribution in [0.3, 0.4) is 0 Å². The number of methoxy groups -OCH3 is 1. The molecule has 1 aromatic carbocycles. The third-order valence-corrected chi connectivity index (χ3v) is 5.55. The Morgan fingerprint density at radius 3 is 2.44 bits per heavy atom. The van der Waals surface area contributed by atoms with Gasteiger partial charge in [0.2, 0.25) is 11.8 Å². The number of rotatable bonds is 6. The van der Waals surface area contributed by atoms with Crippen molar-refractivity contribution in [2.24, 2.45) is 17.8 Å². The lowest BCUT2D eigenvalue weighted by atomic mass is 9.92. The van der Waals surface area contributed by atoms with Crippen molar-refractivity contribution in [3.8, 4) is 5.75 Å². The van der Waals surface area contributed by atoms with Gasteiger partial charge in [-0.25, -0.2) is 0 Å². The molecular weight excluding hydrogens is 342 g/mol. The molecule has 148 valence electrons. The second-order valence-electron chi connectivity index (χ2n) is 8.10. The quantitative estimate of drug-likeness (QED) is 0.830. The molecule has 2 aliphatic heterocycles. The van der Waals surface area contributed by atoms with Gasteiger partial charge in [0.05, 0.1) is 13.0 Å². The predicted molar refractivity (Wildman–Crippen MR) is 106 cm³/mol. The minimum atomic E-state index is -0.279. The monoisotopic (exact) mass is 373 g/mol. The predicted octanol–water partition coefficient (Wildman–Crippen LogP) is 2.14. The van der Waals surface area contributed by atoms with E-state index in [1.54, 1.807) is 12.0 Å². The van der Waals surface area contributed by atoms with Crippen molar-refractivity contribution >= 4 is 17.5 Å². The third-order valence-electron chi connectivity index (χ3n) is 5.55. The van der Waals surface area contributed by atoms with Crippen LogP contribution in [0.15, 0.2) is 24.3 Å². The van der Waals surface area contributed by atoms with Crippen LogP contribution in [0.4, 0.5) is 5.69 Å². The zero-order valence-electron chi connectivity index (χ0n) is 16.6. The molecular formula is C21H31N3O3. The number of piperidine rings is 1. The first kappa shape index (κ1) is 19.7. The summed E-state index contributed by atoms with van der Waals surface area (Å²) in [5, 5.41) is 3.03. The molecule has 1 aromatic rings. The van der Waals surface area contributed by atoms with Crippen LogP contribution in [0.5, 0.6) is 5.75 Å². The maximum Gasteiger partial charge on any atom is 0.227 e. The number of benzene rings is 1. The number of hydrogen-bond donors (Lipinski definition) is 1. The van der Waals surface area contributed by atoms with Crippen LogP contribution in [0.25, 0.3) is 0 Å². The Morgan fingerprint density at radius 2 is 1.81 bits per heavy atom. The normalized spacial score (nSPS) is 26.3. The first-order valence-corrected chi connectivity index (χ1v) is 9.90. The zero-order chi connectivity index (χ0) is 19.4. The summed E-state index contributed by atoms with van der Waals surface area (Å²) < 4.78 is 5.15. The van der Waals surface area contributed by atoms with Gasteiger partial charge in [0.15, 0.2) is 0 Å². The summed E-state index contributed by atoms with van der Waals surface area (Å²) in [6.45, 7) is 8.75. The number of anilines is 1. The largest absolute Gasteiger partial charge is 0.497 e. The number of nitrogens with zero attached hydrogens (tertiary/aromatic N) is 2. The van der Waals surface area contributed by atoms with Crippen molar-refractivity contribution in [3.63, 3.8) is 0 Å². The summed E-state index contributed by atoms with van der Waals surface area (Å²) in [5.41, 5.74) is 0.812. The molecule has 1 N–H and O–H groups in total. The summed E-state index contributed by atoms with van der Waals surface area (Å²) in [4.78, 5) is 29.0. The highest BCUT2D eigenvalue weighted by molar-refractivity contribution is 6.00. The molecule has 2 fully saturated rings. The smallest absolute Gasteiger partial charge is 0.227 e. The number of hydrogen-bond acceptors (Lipinski definition) is 4. The Kier molecular flexibility index (Phi) is 6.37. The van der Waals surface area contributed by atoms with Gasteiger partial charge in [0, 0.05) is 44.8 Å². The highest BCUT2D eigenvalue weighted by atomic mass is 16.5. The van der Waals surface area contributed by atoms with Crippen molar-refractivity contribution in [2.45, 2.75) is 26.7 Å². The fraction of sp³-hybridized carbons (Fsp3) is 0.619. The molecule has 0 bridgehead atoms. The van der Waals surface area contributed by atoms with Crippen molar-refractivity contribution in [1.29, 1.82) is 0 Å². The third kappa shape index (κ3) is 5.01. The van der Waals surface area contributed by atoms with Crippen LogP contribution in [0.2, 0.25) is 0 Å².